The Bertz CT molecular complexity index is 1090. The van der Waals surface area contributed by atoms with Crippen molar-refractivity contribution in [1.29, 1.82) is 0 Å². The summed E-state index contributed by atoms with van der Waals surface area (Å²) in [7, 11) is 1.61. The van der Waals surface area contributed by atoms with Crippen LogP contribution in [0.5, 0.6) is 5.75 Å². The normalized spacial score (nSPS) is 16.1. The predicted molar refractivity (Wildman–Crippen MR) is 121 cm³/mol. The number of anilines is 2. The monoisotopic (exact) mass is 437 g/mol. The molecule has 1 aliphatic heterocycles. The number of halogens is 1. The van der Waals surface area contributed by atoms with Crippen molar-refractivity contribution in [3.05, 3.63) is 59.6 Å². The maximum atomic E-state index is 11.9. The van der Waals surface area contributed by atoms with Crippen LogP contribution in [-0.2, 0) is 4.79 Å². The highest BCUT2D eigenvalue weighted by molar-refractivity contribution is 6.30. The highest BCUT2D eigenvalue weighted by Gasteiger charge is 2.26. The van der Waals surface area contributed by atoms with E-state index < -0.39 is 0 Å². The summed E-state index contributed by atoms with van der Waals surface area (Å²) in [5.41, 5.74) is 2.40. The zero-order chi connectivity index (χ0) is 21.8. The number of hydrogen-bond donors (Lipinski definition) is 1. The van der Waals surface area contributed by atoms with E-state index in [0.29, 0.717) is 29.0 Å². The largest absolute Gasteiger partial charge is 0.495 e. The van der Waals surface area contributed by atoms with Gasteiger partial charge in [0.2, 0.25) is 5.91 Å². The number of methoxy groups -OCH3 is 1. The molecular weight excluding hydrogens is 414 g/mol. The van der Waals surface area contributed by atoms with Crippen LogP contribution in [0.15, 0.2) is 48.8 Å². The van der Waals surface area contributed by atoms with Crippen molar-refractivity contribution in [3.8, 4) is 17.0 Å². The third kappa shape index (κ3) is 5.11. The summed E-state index contributed by atoms with van der Waals surface area (Å²) in [6, 6.07) is 11.2. The number of aromatic nitrogens is 3. The van der Waals surface area contributed by atoms with Crippen molar-refractivity contribution in [1.82, 2.24) is 19.9 Å². The average Bonchev–Trinajstić information content (AvgIpc) is 2.79. The standard InChI is InChI=1S/C23H24ClN5O2/c1-15(30)29-8-4-5-16(14-29)23-27-21(17-9-20(31-2)13-25-12-17)11-22(28-23)26-19-7-3-6-18(24)10-19/h3,6-7,9-13,16H,4-5,8,14H2,1-2H3,(H,26,27,28). The summed E-state index contributed by atoms with van der Waals surface area (Å²) >= 11 is 6.14. The molecular formula is C23H24ClN5O2. The smallest absolute Gasteiger partial charge is 0.219 e. The Balaban J connectivity index is 1.73. The van der Waals surface area contributed by atoms with Gasteiger partial charge in [-0.3, -0.25) is 9.78 Å². The summed E-state index contributed by atoms with van der Waals surface area (Å²) in [6.45, 7) is 3.00. The third-order valence-corrected chi connectivity index (χ3v) is 5.55. The first-order valence-electron chi connectivity index (χ1n) is 10.2. The average molecular weight is 438 g/mol. The molecule has 1 fully saturated rings. The lowest BCUT2D eigenvalue weighted by molar-refractivity contribution is -0.130. The van der Waals surface area contributed by atoms with Crippen LogP contribution in [0.2, 0.25) is 5.02 Å². The highest BCUT2D eigenvalue weighted by atomic mass is 35.5. The predicted octanol–water partition coefficient (Wildman–Crippen LogP) is 4.67. The molecule has 0 bridgehead atoms. The van der Waals surface area contributed by atoms with Gasteiger partial charge in [0.1, 0.15) is 17.4 Å². The second-order valence-corrected chi connectivity index (χ2v) is 7.99. The molecule has 1 aliphatic rings. The molecule has 31 heavy (non-hydrogen) atoms. The summed E-state index contributed by atoms with van der Waals surface area (Å²) < 4.78 is 5.32. The fraction of sp³-hybridized carbons (Fsp3) is 0.304. The van der Waals surface area contributed by atoms with Gasteiger partial charge in [0.15, 0.2) is 0 Å². The van der Waals surface area contributed by atoms with Gasteiger partial charge in [0.05, 0.1) is 19.0 Å². The van der Waals surface area contributed by atoms with Gasteiger partial charge < -0.3 is 15.0 Å². The number of amides is 1. The van der Waals surface area contributed by atoms with E-state index >= 15 is 0 Å². The van der Waals surface area contributed by atoms with E-state index in [1.165, 1.54) is 0 Å². The van der Waals surface area contributed by atoms with E-state index in [-0.39, 0.29) is 11.8 Å². The summed E-state index contributed by atoms with van der Waals surface area (Å²) in [5, 5.41) is 3.97. The van der Waals surface area contributed by atoms with E-state index in [4.69, 9.17) is 26.3 Å². The Kier molecular flexibility index (Phi) is 6.32. The number of benzene rings is 1. The minimum atomic E-state index is 0.0658. The minimum absolute atomic E-state index is 0.0658. The Morgan fingerprint density at radius 1 is 1.23 bits per heavy atom. The molecule has 0 radical (unpaired) electrons. The maximum Gasteiger partial charge on any atom is 0.219 e. The number of piperidine rings is 1. The molecule has 160 valence electrons. The first kappa shape index (κ1) is 21.1. The van der Waals surface area contributed by atoms with E-state index in [2.05, 4.69) is 10.3 Å². The molecule has 0 saturated carbocycles. The maximum absolute atomic E-state index is 11.9. The Morgan fingerprint density at radius 2 is 2.10 bits per heavy atom. The van der Waals surface area contributed by atoms with Crippen molar-refractivity contribution < 1.29 is 9.53 Å². The molecule has 4 rings (SSSR count). The number of carbonyl (C=O) groups is 1. The van der Waals surface area contributed by atoms with Gasteiger partial charge in [-0.1, -0.05) is 17.7 Å². The van der Waals surface area contributed by atoms with Crippen LogP contribution in [0.1, 0.15) is 31.5 Å². The van der Waals surface area contributed by atoms with Crippen LogP contribution in [-0.4, -0.2) is 46.0 Å². The first-order valence-corrected chi connectivity index (χ1v) is 10.6. The lowest BCUT2D eigenvalue weighted by atomic mass is 9.97. The van der Waals surface area contributed by atoms with Gasteiger partial charge in [-0.25, -0.2) is 9.97 Å². The summed E-state index contributed by atoms with van der Waals surface area (Å²) in [6.07, 6.45) is 5.26. The van der Waals surface area contributed by atoms with Crippen molar-refractivity contribution in [2.24, 2.45) is 0 Å². The molecule has 8 heteroatoms. The second-order valence-electron chi connectivity index (χ2n) is 7.55. The molecule has 0 spiro atoms. The van der Waals surface area contributed by atoms with Crippen LogP contribution in [0, 0.1) is 0 Å². The number of rotatable bonds is 5. The van der Waals surface area contributed by atoms with Crippen LogP contribution in [0.25, 0.3) is 11.3 Å². The molecule has 2 aromatic heterocycles. The van der Waals surface area contributed by atoms with Crippen molar-refractivity contribution >= 4 is 29.0 Å². The lowest BCUT2D eigenvalue weighted by Gasteiger charge is -2.31. The van der Waals surface area contributed by atoms with E-state index in [1.54, 1.807) is 26.4 Å². The quantitative estimate of drug-likeness (QED) is 0.624. The minimum Gasteiger partial charge on any atom is -0.495 e. The number of hydrogen-bond acceptors (Lipinski definition) is 6. The molecule has 1 N–H and O–H groups in total. The second kappa shape index (κ2) is 9.31. The molecule has 1 unspecified atom stereocenters. The van der Waals surface area contributed by atoms with E-state index in [0.717, 1.165) is 36.3 Å². The number of nitrogens with zero attached hydrogens (tertiary/aromatic N) is 4. The molecule has 3 heterocycles. The van der Waals surface area contributed by atoms with Gasteiger partial charge in [0, 0.05) is 54.5 Å². The summed E-state index contributed by atoms with van der Waals surface area (Å²) in [4.78, 5) is 27.7. The molecule has 0 aliphatic carbocycles. The SMILES string of the molecule is COc1cncc(-c2cc(Nc3cccc(Cl)c3)nc(C3CCCN(C(C)=O)C3)n2)c1. The fourth-order valence-electron chi connectivity index (χ4n) is 3.72. The summed E-state index contributed by atoms with van der Waals surface area (Å²) in [5.74, 6) is 2.16. The van der Waals surface area contributed by atoms with Gasteiger partial charge in [-0.2, -0.15) is 0 Å². The van der Waals surface area contributed by atoms with Gasteiger partial charge in [-0.15, -0.1) is 0 Å². The molecule has 1 atom stereocenters. The number of likely N-dealkylation sites (tertiary alicyclic amines) is 1. The lowest BCUT2D eigenvalue weighted by Crippen LogP contribution is -2.38. The van der Waals surface area contributed by atoms with Crippen molar-refractivity contribution in [2.75, 3.05) is 25.5 Å². The molecule has 1 saturated heterocycles. The molecule has 1 aromatic carbocycles. The van der Waals surface area contributed by atoms with Crippen LogP contribution in [0.4, 0.5) is 11.5 Å². The number of pyridine rings is 1. The van der Waals surface area contributed by atoms with Crippen LogP contribution < -0.4 is 10.1 Å². The van der Waals surface area contributed by atoms with Crippen molar-refractivity contribution in [3.63, 3.8) is 0 Å². The fourth-order valence-corrected chi connectivity index (χ4v) is 3.91. The number of ether oxygens (including phenoxy) is 1. The Labute approximate surface area is 186 Å². The Hall–Kier alpha value is -3.19. The van der Waals surface area contributed by atoms with Crippen molar-refractivity contribution in [2.45, 2.75) is 25.7 Å². The van der Waals surface area contributed by atoms with E-state index in [9.17, 15) is 4.79 Å². The molecule has 7 nitrogen and oxygen atoms in total. The topological polar surface area (TPSA) is 80.2 Å². The van der Waals surface area contributed by atoms with Crippen LogP contribution >= 0.6 is 11.6 Å². The Morgan fingerprint density at radius 3 is 2.87 bits per heavy atom. The van der Waals surface area contributed by atoms with Crippen LogP contribution in [0.3, 0.4) is 0 Å². The van der Waals surface area contributed by atoms with Gasteiger partial charge in [0.25, 0.3) is 0 Å². The first-order chi connectivity index (χ1) is 15.0. The number of nitrogens with one attached hydrogen (secondary N) is 1. The number of carbonyl (C=O) groups excluding carboxylic acids is 1. The zero-order valence-electron chi connectivity index (χ0n) is 17.5. The van der Waals surface area contributed by atoms with Gasteiger partial charge in [-0.05, 0) is 37.1 Å². The highest BCUT2D eigenvalue weighted by Crippen LogP contribution is 2.30. The molecule has 1 amide bonds. The molecule has 3 aromatic rings. The van der Waals surface area contributed by atoms with E-state index in [1.807, 2.05) is 41.3 Å². The third-order valence-electron chi connectivity index (χ3n) is 5.32. The zero-order valence-corrected chi connectivity index (χ0v) is 18.3. The van der Waals surface area contributed by atoms with Gasteiger partial charge >= 0.3 is 0 Å².